The Labute approximate surface area is 127 Å². The molecule has 4 aromatic rings. The minimum atomic E-state index is 0.798. The third-order valence-corrected chi connectivity index (χ3v) is 3.82. The Hall–Kier alpha value is -2.89. The molecule has 0 atom stereocenters. The SMILES string of the molecule is CCn1ncc2[nH]c(-c3cnn(C)c3-c3ccccc3)nc21. The molecule has 110 valence electrons. The number of fused-ring (bicyclic) bond motifs is 1. The lowest BCUT2D eigenvalue weighted by Gasteiger charge is -2.04. The van der Waals surface area contributed by atoms with E-state index in [0.29, 0.717) is 0 Å². The molecule has 3 aromatic heterocycles. The molecule has 6 nitrogen and oxygen atoms in total. The van der Waals surface area contributed by atoms with E-state index in [0.717, 1.165) is 40.4 Å². The maximum Gasteiger partial charge on any atom is 0.176 e. The Morgan fingerprint density at radius 2 is 1.91 bits per heavy atom. The third kappa shape index (κ3) is 1.84. The largest absolute Gasteiger partial charge is 0.335 e. The molecule has 0 fully saturated rings. The van der Waals surface area contributed by atoms with Crippen molar-refractivity contribution in [1.29, 1.82) is 0 Å². The van der Waals surface area contributed by atoms with Crippen molar-refractivity contribution >= 4 is 11.2 Å². The van der Waals surface area contributed by atoms with Gasteiger partial charge in [-0.2, -0.15) is 10.2 Å². The monoisotopic (exact) mass is 292 g/mol. The molecule has 3 heterocycles. The van der Waals surface area contributed by atoms with E-state index in [1.54, 1.807) is 0 Å². The van der Waals surface area contributed by atoms with Crippen LogP contribution in [0.4, 0.5) is 0 Å². The van der Waals surface area contributed by atoms with E-state index in [-0.39, 0.29) is 0 Å². The minimum absolute atomic E-state index is 0.798. The van der Waals surface area contributed by atoms with Crippen LogP contribution < -0.4 is 0 Å². The minimum Gasteiger partial charge on any atom is -0.335 e. The number of rotatable bonds is 3. The molecule has 0 bridgehead atoms. The average Bonchev–Trinajstić information content (AvgIpc) is 3.21. The molecule has 4 rings (SSSR count). The zero-order valence-corrected chi connectivity index (χ0v) is 12.5. The highest BCUT2D eigenvalue weighted by atomic mass is 15.3. The number of nitrogens with zero attached hydrogens (tertiary/aromatic N) is 5. The molecule has 0 saturated heterocycles. The van der Waals surface area contributed by atoms with Crippen LogP contribution in [0.5, 0.6) is 0 Å². The fraction of sp³-hybridized carbons (Fsp3) is 0.188. The van der Waals surface area contributed by atoms with Crippen molar-refractivity contribution in [2.24, 2.45) is 7.05 Å². The topological polar surface area (TPSA) is 64.3 Å². The van der Waals surface area contributed by atoms with Gasteiger partial charge in [0, 0.05) is 19.2 Å². The van der Waals surface area contributed by atoms with Crippen molar-refractivity contribution in [3.05, 3.63) is 42.7 Å². The highest BCUT2D eigenvalue weighted by Gasteiger charge is 2.17. The summed E-state index contributed by atoms with van der Waals surface area (Å²) in [6.45, 7) is 2.85. The molecule has 0 spiro atoms. The first kappa shape index (κ1) is 12.8. The summed E-state index contributed by atoms with van der Waals surface area (Å²) in [6.07, 6.45) is 3.66. The maximum atomic E-state index is 4.70. The summed E-state index contributed by atoms with van der Waals surface area (Å²) in [5.41, 5.74) is 4.98. The fourth-order valence-corrected chi connectivity index (χ4v) is 2.75. The van der Waals surface area contributed by atoms with E-state index in [4.69, 9.17) is 4.98 Å². The first-order chi connectivity index (χ1) is 10.8. The van der Waals surface area contributed by atoms with Gasteiger partial charge in [0.25, 0.3) is 0 Å². The first-order valence-corrected chi connectivity index (χ1v) is 7.27. The van der Waals surface area contributed by atoms with Gasteiger partial charge in [0.1, 0.15) is 11.3 Å². The second-order valence-electron chi connectivity index (χ2n) is 5.18. The Kier molecular flexibility index (Phi) is 2.82. The summed E-state index contributed by atoms with van der Waals surface area (Å²) in [7, 11) is 1.95. The summed E-state index contributed by atoms with van der Waals surface area (Å²) in [4.78, 5) is 8.05. The highest BCUT2D eigenvalue weighted by Crippen LogP contribution is 2.30. The molecule has 0 saturated carbocycles. The van der Waals surface area contributed by atoms with Crippen LogP contribution in [-0.2, 0) is 13.6 Å². The average molecular weight is 292 g/mol. The number of aromatic amines is 1. The quantitative estimate of drug-likeness (QED) is 0.631. The molecule has 0 unspecified atom stereocenters. The van der Waals surface area contributed by atoms with Gasteiger partial charge < -0.3 is 4.98 Å². The van der Waals surface area contributed by atoms with Gasteiger partial charge in [-0.05, 0) is 6.92 Å². The summed E-state index contributed by atoms with van der Waals surface area (Å²) < 4.78 is 3.76. The van der Waals surface area contributed by atoms with Gasteiger partial charge in [0.05, 0.1) is 23.7 Å². The molecule has 0 radical (unpaired) electrons. The lowest BCUT2D eigenvalue weighted by atomic mass is 10.1. The Balaban J connectivity index is 1.90. The van der Waals surface area contributed by atoms with E-state index < -0.39 is 0 Å². The summed E-state index contributed by atoms with van der Waals surface area (Å²) in [6, 6.07) is 10.2. The van der Waals surface area contributed by atoms with Gasteiger partial charge in [-0.15, -0.1) is 0 Å². The number of aryl methyl sites for hydroxylation is 2. The number of H-pyrrole nitrogens is 1. The number of hydrogen-bond acceptors (Lipinski definition) is 3. The van der Waals surface area contributed by atoms with Crippen LogP contribution in [0.15, 0.2) is 42.7 Å². The molecule has 0 aliphatic carbocycles. The van der Waals surface area contributed by atoms with Crippen molar-refractivity contribution < 1.29 is 0 Å². The van der Waals surface area contributed by atoms with E-state index in [9.17, 15) is 0 Å². The Morgan fingerprint density at radius 1 is 1.09 bits per heavy atom. The molecule has 0 amide bonds. The number of hydrogen-bond donors (Lipinski definition) is 1. The van der Waals surface area contributed by atoms with Crippen molar-refractivity contribution in [2.45, 2.75) is 13.5 Å². The van der Waals surface area contributed by atoms with Crippen LogP contribution in [0, 0.1) is 0 Å². The zero-order valence-electron chi connectivity index (χ0n) is 12.5. The van der Waals surface area contributed by atoms with E-state index in [2.05, 4.69) is 34.2 Å². The lowest BCUT2D eigenvalue weighted by molar-refractivity contribution is 0.677. The van der Waals surface area contributed by atoms with Crippen LogP contribution >= 0.6 is 0 Å². The molecule has 0 aliphatic rings. The first-order valence-electron chi connectivity index (χ1n) is 7.27. The van der Waals surface area contributed by atoms with Crippen LogP contribution in [0.25, 0.3) is 33.8 Å². The second-order valence-corrected chi connectivity index (χ2v) is 5.18. The van der Waals surface area contributed by atoms with Crippen LogP contribution in [0.2, 0.25) is 0 Å². The Bertz CT molecular complexity index is 928. The second kappa shape index (κ2) is 4.84. The van der Waals surface area contributed by atoms with Gasteiger partial charge in [0.2, 0.25) is 0 Å². The maximum absolute atomic E-state index is 4.70. The van der Waals surface area contributed by atoms with Crippen molar-refractivity contribution in [2.75, 3.05) is 0 Å². The normalized spacial score (nSPS) is 11.4. The zero-order chi connectivity index (χ0) is 15.1. The summed E-state index contributed by atoms with van der Waals surface area (Å²) >= 11 is 0. The van der Waals surface area contributed by atoms with Crippen LogP contribution in [0.1, 0.15) is 6.92 Å². The van der Waals surface area contributed by atoms with Gasteiger partial charge in [-0.1, -0.05) is 30.3 Å². The van der Waals surface area contributed by atoms with Gasteiger partial charge >= 0.3 is 0 Å². The molecule has 22 heavy (non-hydrogen) atoms. The number of aromatic nitrogens is 6. The molecule has 6 heteroatoms. The number of imidazole rings is 1. The van der Waals surface area contributed by atoms with Crippen LogP contribution in [-0.4, -0.2) is 29.5 Å². The molecular formula is C16H16N6. The van der Waals surface area contributed by atoms with Crippen LogP contribution in [0.3, 0.4) is 0 Å². The molecule has 0 aliphatic heterocycles. The summed E-state index contributed by atoms with van der Waals surface area (Å²) in [5.74, 6) is 0.821. The summed E-state index contributed by atoms with van der Waals surface area (Å²) in [5, 5.41) is 8.70. The van der Waals surface area contributed by atoms with Gasteiger partial charge in [-0.25, -0.2) is 9.67 Å². The highest BCUT2D eigenvalue weighted by molar-refractivity contribution is 5.82. The third-order valence-electron chi connectivity index (χ3n) is 3.82. The predicted molar refractivity (Wildman–Crippen MR) is 85.2 cm³/mol. The molecule has 1 N–H and O–H groups in total. The van der Waals surface area contributed by atoms with Crippen molar-refractivity contribution in [1.82, 2.24) is 29.5 Å². The Morgan fingerprint density at radius 3 is 2.68 bits per heavy atom. The molecule has 1 aromatic carbocycles. The van der Waals surface area contributed by atoms with E-state index >= 15 is 0 Å². The van der Waals surface area contributed by atoms with Crippen molar-refractivity contribution in [3.63, 3.8) is 0 Å². The smallest absolute Gasteiger partial charge is 0.176 e. The fourth-order valence-electron chi connectivity index (χ4n) is 2.75. The van der Waals surface area contributed by atoms with Gasteiger partial charge in [-0.3, -0.25) is 4.68 Å². The lowest BCUT2D eigenvalue weighted by Crippen LogP contribution is -1.96. The van der Waals surface area contributed by atoms with Gasteiger partial charge in [0.15, 0.2) is 5.65 Å². The molecular weight excluding hydrogens is 276 g/mol. The number of benzene rings is 1. The van der Waals surface area contributed by atoms with E-state index in [1.807, 2.05) is 47.0 Å². The standard InChI is InChI=1S/C16H16N6/c1-3-22-16-13(10-18-22)19-15(20-16)12-9-17-21(2)14(12)11-7-5-4-6-8-11/h4-10H,3H2,1-2H3,(H,19,20). The number of nitrogens with one attached hydrogen (secondary N) is 1. The van der Waals surface area contributed by atoms with Crippen molar-refractivity contribution in [3.8, 4) is 22.6 Å². The predicted octanol–water partition coefficient (Wildman–Crippen LogP) is 2.85. The van der Waals surface area contributed by atoms with E-state index in [1.165, 1.54) is 0 Å².